The van der Waals surface area contributed by atoms with Crippen molar-refractivity contribution in [1.29, 1.82) is 0 Å². The van der Waals surface area contributed by atoms with Gasteiger partial charge in [0, 0.05) is 57.7 Å². The third-order valence-electron chi connectivity index (χ3n) is 6.81. The van der Waals surface area contributed by atoms with Crippen LogP contribution in [-0.2, 0) is 11.3 Å². The average Bonchev–Trinajstić information content (AvgIpc) is 3.20. The lowest BCUT2D eigenvalue weighted by molar-refractivity contribution is -0.0443. The van der Waals surface area contributed by atoms with Crippen LogP contribution in [0.5, 0.6) is 0 Å². The smallest absolute Gasteiger partial charge is 0.344 e. The SMILES string of the molecule is Cc1cnn(C(=O)N2CCC3(CC2)CN(Cc2cccc(N4CCOCC4)c2)C3)c1. The number of benzene rings is 1. The van der Waals surface area contributed by atoms with Crippen LogP contribution in [0.1, 0.15) is 24.0 Å². The van der Waals surface area contributed by atoms with Gasteiger partial charge in [0.1, 0.15) is 0 Å². The van der Waals surface area contributed by atoms with Crippen molar-refractivity contribution in [1.82, 2.24) is 19.6 Å². The molecular weight excluding hydrogens is 378 g/mol. The summed E-state index contributed by atoms with van der Waals surface area (Å²) in [5.41, 5.74) is 4.10. The van der Waals surface area contributed by atoms with E-state index in [-0.39, 0.29) is 6.03 Å². The van der Waals surface area contributed by atoms with Crippen LogP contribution in [0.3, 0.4) is 0 Å². The van der Waals surface area contributed by atoms with Crippen molar-refractivity contribution in [3.8, 4) is 0 Å². The Bertz CT molecular complexity index is 889. The first-order chi connectivity index (χ1) is 14.6. The number of likely N-dealkylation sites (tertiary alicyclic amines) is 2. The summed E-state index contributed by atoms with van der Waals surface area (Å²) < 4.78 is 6.95. The van der Waals surface area contributed by atoms with Gasteiger partial charge in [0.25, 0.3) is 0 Å². The van der Waals surface area contributed by atoms with Crippen molar-refractivity contribution in [2.24, 2.45) is 5.41 Å². The molecule has 0 aliphatic carbocycles. The molecule has 1 amide bonds. The van der Waals surface area contributed by atoms with Gasteiger partial charge in [-0.05, 0) is 48.4 Å². The Balaban J connectivity index is 1.12. The molecule has 0 radical (unpaired) electrons. The Morgan fingerprint density at radius 3 is 2.60 bits per heavy atom. The van der Waals surface area contributed by atoms with E-state index in [4.69, 9.17) is 4.74 Å². The Morgan fingerprint density at radius 1 is 1.13 bits per heavy atom. The Morgan fingerprint density at radius 2 is 1.90 bits per heavy atom. The van der Waals surface area contributed by atoms with Crippen LogP contribution in [0.25, 0.3) is 0 Å². The number of piperidine rings is 1. The van der Waals surface area contributed by atoms with Gasteiger partial charge in [0.2, 0.25) is 0 Å². The molecule has 2 aromatic rings. The number of hydrogen-bond acceptors (Lipinski definition) is 5. The summed E-state index contributed by atoms with van der Waals surface area (Å²) in [6, 6.07) is 8.97. The van der Waals surface area contributed by atoms with Gasteiger partial charge in [-0.3, -0.25) is 4.90 Å². The Labute approximate surface area is 178 Å². The Kier molecular flexibility index (Phi) is 5.25. The van der Waals surface area contributed by atoms with Crippen LogP contribution in [0.15, 0.2) is 36.7 Å². The molecule has 3 saturated heterocycles. The Hall–Kier alpha value is -2.38. The van der Waals surface area contributed by atoms with Gasteiger partial charge in [-0.1, -0.05) is 12.1 Å². The maximum absolute atomic E-state index is 12.6. The van der Waals surface area contributed by atoms with Gasteiger partial charge >= 0.3 is 6.03 Å². The molecule has 1 aromatic carbocycles. The highest BCUT2D eigenvalue weighted by Crippen LogP contribution is 2.41. The molecule has 7 heteroatoms. The van der Waals surface area contributed by atoms with E-state index in [0.717, 1.165) is 77.4 Å². The lowest BCUT2D eigenvalue weighted by Gasteiger charge is -2.54. The van der Waals surface area contributed by atoms with Crippen molar-refractivity contribution >= 4 is 11.7 Å². The molecule has 30 heavy (non-hydrogen) atoms. The van der Waals surface area contributed by atoms with Gasteiger partial charge in [0.15, 0.2) is 0 Å². The highest BCUT2D eigenvalue weighted by molar-refractivity contribution is 5.76. The monoisotopic (exact) mass is 409 g/mol. The summed E-state index contributed by atoms with van der Waals surface area (Å²) in [7, 11) is 0. The number of rotatable bonds is 3. The van der Waals surface area contributed by atoms with Crippen molar-refractivity contribution in [2.45, 2.75) is 26.3 Å². The zero-order valence-corrected chi connectivity index (χ0v) is 17.8. The fourth-order valence-electron chi connectivity index (χ4n) is 5.10. The van der Waals surface area contributed by atoms with Crippen LogP contribution in [0, 0.1) is 12.3 Å². The van der Waals surface area contributed by atoms with Crippen molar-refractivity contribution < 1.29 is 9.53 Å². The molecule has 0 bridgehead atoms. The van der Waals surface area contributed by atoms with E-state index < -0.39 is 0 Å². The van der Waals surface area contributed by atoms with Crippen LogP contribution < -0.4 is 4.90 Å². The van der Waals surface area contributed by atoms with Gasteiger partial charge in [-0.15, -0.1) is 0 Å². The highest BCUT2D eigenvalue weighted by atomic mass is 16.5. The molecular formula is C23H31N5O2. The summed E-state index contributed by atoms with van der Waals surface area (Å²) in [6.45, 7) is 10.5. The lowest BCUT2D eigenvalue weighted by Crippen LogP contribution is -2.60. The van der Waals surface area contributed by atoms with Crippen molar-refractivity contribution in [3.63, 3.8) is 0 Å². The quantitative estimate of drug-likeness (QED) is 0.780. The van der Waals surface area contributed by atoms with Gasteiger partial charge in [0.05, 0.1) is 19.4 Å². The van der Waals surface area contributed by atoms with E-state index in [1.807, 2.05) is 18.0 Å². The maximum atomic E-state index is 12.6. The van der Waals surface area contributed by atoms with Crippen molar-refractivity contribution in [2.75, 3.05) is 57.4 Å². The summed E-state index contributed by atoms with van der Waals surface area (Å²) in [5, 5.41) is 4.17. The van der Waals surface area contributed by atoms with Gasteiger partial charge in [-0.25, -0.2) is 4.79 Å². The molecule has 7 nitrogen and oxygen atoms in total. The molecule has 1 spiro atoms. The standard InChI is InChI=1S/C23H31N5O2/c1-19-14-24-28(15-19)22(29)27-7-5-23(6-8-27)17-25(18-23)16-20-3-2-4-21(13-20)26-9-11-30-12-10-26/h2-4,13-15H,5-12,16-18H2,1H3. The van der Waals surface area contributed by atoms with Gasteiger partial charge in [-0.2, -0.15) is 9.78 Å². The third-order valence-corrected chi connectivity index (χ3v) is 6.81. The average molecular weight is 410 g/mol. The first-order valence-corrected chi connectivity index (χ1v) is 11.0. The first-order valence-electron chi connectivity index (χ1n) is 11.0. The summed E-state index contributed by atoms with van der Waals surface area (Å²) in [6.07, 6.45) is 5.72. The van der Waals surface area contributed by atoms with Crippen LogP contribution in [0.2, 0.25) is 0 Å². The minimum Gasteiger partial charge on any atom is -0.378 e. The number of carbonyl (C=O) groups is 1. The molecule has 0 saturated carbocycles. The van der Waals surface area contributed by atoms with Crippen LogP contribution in [-0.4, -0.2) is 78.1 Å². The largest absolute Gasteiger partial charge is 0.378 e. The van der Waals surface area contributed by atoms with E-state index >= 15 is 0 Å². The number of nitrogens with zero attached hydrogens (tertiary/aromatic N) is 5. The summed E-state index contributed by atoms with van der Waals surface area (Å²) >= 11 is 0. The first kappa shape index (κ1) is 19.6. The van der Waals surface area contributed by atoms with E-state index in [1.165, 1.54) is 15.9 Å². The molecule has 3 aliphatic rings. The van der Waals surface area contributed by atoms with E-state index in [0.29, 0.717) is 5.41 Å². The minimum absolute atomic E-state index is 0.00839. The highest BCUT2D eigenvalue weighted by Gasteiger charge is 2.45. The van der Waals surface area contributed by atoms with Crippen LogP contribution in [0.4, 0.5) is 10.5 Å². The molecule has 5 rings (SSSR count). The number of morpholine rings is 1. The predicted molar refractivity (Wildman–Crippen MR) is 116 cm³/mol. The molecule has 0 unspecified atom stereocenters. The summed E-state index contributed by atoms with van der Waals surface area (Å²) in [5.74, 6) is 0. The minimum atomic E-state index is 0.00839. The van der Waals surface area contributed by atoms with Crippen molar-refractivity contribution in [3.05, 3.63) is 47.8 Å². The number of hydrogen-bond donors (Lipinski definition) is 0. The lowest BCUT2D eigenvalue weighted by atomic mass is 9.72. The molecule has 4 heterocycles. The molecule has 0 atom stereocenters. The third kappa shape index (κ3) is 3.96. The second-order valence-corrected chi connectivity index (χ2v) is 9.15. The van der Waals surface area contributed by atoms with E-state index in [2.05, 4.69) is 39.2 Å². The predicted octanol–water partition coefficient (Wildman–Crippen LogP) is 2.59. The molecule has 3 aliphatic heterocycles. The second-order valence-electron chi connectivity index (χ2n) is 9.15. The van der Waals surface area contributed by atoms with E-state index in [1.54, 1.807) is 6.20 Å². The number of anilines is 1. The fourth-order valence-corrected chi connectivity index (χ4v) is 5.10. The molecule has 160 valence electrons. The maximum Gasteiger partial charge on any atom is 0.344 e. The number of aryl methyl sites for hydroxylation is 1. The number of carbonyl (C=O) groups excluding carboxylic acids is 1. The zero-order valence-electron chi connectivity index (χ0n) is 17.8. The van der Waals surface area contributed by atoms with Gasteiger partial charge < -0.3 is 14.5 Å². The number of ether oxygens (including phenoxy) is 1. The molecule has 3 fully saturated rings. The molecule has 1 aromatic heterocycles. The fraction of sp³-hybridized carbons (Fsp3) is 0.565. The number of aromatic nitrogens is 2. The van der Waals surface area contributed by atoms with E-state index in [9.17, 15) is 4.79 Å². The normalized spacial score (nSPS) is 21.6. The topological polar surface area (TPSA) is 53.8 Å². The number of amides is 1. The summed E-state index contributed by atoms with van der Waals surface area (Å²) in [4.78, 5) is 19.5. The van der Waals surface area contributed by atoms with Crippen LogP contribution >= 0.6 is 0 Å². The second kappa shape index (κ2) is 8.04. The zero-order chi connectivity index (χ0) is 20.6. The molecule has 0 N–H and O–H groups in total.